The molecule has 0 bridgehead atoms. The van der Waals surface area contributed by atoms with Gasteiger partial charge in [-0.05, 0) is 37.1 Å². The Morgan fingerprint density at radius 3 is 2.30 bits per heavy atom. The van der Waals surface area contributed by atoms with Gasteiger partial charge < -0.3 is 21.5 Å². The molecule has 0 saturated heterocycles. The van der Waals surface area contributed by atoms with Crippen LogP contribution in [0, 0.1) is 0 Å². The Labute approximate surface area is 131 Å². The Kier molecular flexibility index (Phi) is 5.30. The molecule has 5 N–H and O–H groups in total. The molecule has 0 unspecified atom stereocenters. The summed E-state index contributed by atoms with van der Waals surface area (Å²) in [7, 11) is 0. The summed E-state index contributed by atoms with van der Waals surface area (Å²) in [6, 6.07) is 5.28. The van der Waals surface area contributed by atoms with Crippen LogP contribution in [0.4, 0.5) is 18.9 Å². The molecule has 1 aliphatic carbocycles. The Morgan fingerprint density at radius 2 is 1.74 bits per heavy atom. The van der Waals surface area contributed by atoms with Crippen molar-refractivity contribution in [3.8, 4) is 5.75 Å². The molecule has 0 atom stereocenters. The van der Waals surface area contributed by atoms with Crippen molar-refractivity contribution >= 4 is 17.6 Å². The second-order valence-corrected chi connectivity index (χ2v) is 5.12. The minimum Gasteiger partial charge on any atom is -0.406 e. The standard InChI is InChI=1S/C14H18F3N5O/c15-14(16,17)23-11-7-5-10(6-8-11)21-13(19)22-12(18)20-9-3-1-2-4-9/h5-9H,1-4H2,(H5,18,19,20,21,22). The highest BCUT2D eigenvalue weighted by molar-refractivity contribution is 6.00. The van der Waals surface area contributed by atoms with Crippen molar-refractivity contribution in [2.24, 2.45) is 21.5 Å². The number of rotatable bonds is 3. The molecule has 6 nitrogen and oxygen atoms in total. The van der Waals surface area contributed by atoms with E-state index in [9.17, 15) is 13.2 Å². The number of ether oxygens (including phenoxy) is 1. The van der Waals surface area contributed by atoms with Crippen LogP contribution in [0.15, 0.2) is 34.3 Å². The summed E-state index contributed by atoms with van der Waals surface area (Å²) in [6.45, 7) is 0. The van der Waals surface area contributed by atoms with E-state index in [-0.39, 0.29) is 23.7 Å². The number of benzene rings is 1. The van der Waals surface area contributed by atoms with Crippen LogP contribution in [-0.2, 0) is 0 Å². The van der Waals surface area contributed by atoms with Crippen LogP contribution in [-0.4, -0.2) is 24.3 Å². The number of aliphatic imine (C=N–C) groups is 2. The Bertz CT molecular complexity index is 577. The number of anilines is 1. The van der Waals surface area contributed by atoms with Crippen molar-refractivity contribution in [1.82, 2.24) is 0 Å². The average molecular weight is 329 g/mol. The van der Waals surface area contributed by atoms with Crippen LogP contribution in [0.1, 0.15) is 25.7 Å². The first-order valence-electron chi connectivity index (χ1n) is 7.12. The van der Waals surface area contributed by atoms with Crippen molar-refractivity contribution in [1.29, 1.82) is 0 Å². The third kappa shape index (κ3) is 6.05. The van der Waals surface area contributed by atoms with Gasteiger partial charge in [0.25, 0.3) is 0 Å². The van der Waals surface area contributed by atoms with Gasteiger partial charge in [0.1, 0.15) is 5.75 Å². The van der Waals surface area contributed by atoms with Gasteiger partial charge in [0, 0.05) is 5.69 Å². The summed E-state index contributed by atoms with van der Waals surface area (Å²) in [6.07, 6.45) is -0.481. The maximum absolute atomic E-state index is 12.1. The molecule has 0 radical (unpaired) electrons. The number of hydrogen-bond donors (Lipinski definition) is 3. The summed E-state index contributed by atoms with van der Waals surface area (Å²) >= 11 is 0. The van der Waals surface area contributed by atoms with Crippen LogP contribution in [0.2, 0.25) is 0 Å². The highest BCUT2D eigenvalue weighted by atomic mass is 19.4. The van der Waals surface area contributed by atoms with E-state index in [2.05, 4.69) is 20.0 Å². The van der Waals surface area contributed by atoms with E-state index >= 15 is 0 Å². The number of halogens is 3. The lowest BCUT2D eigenvalue weighted by atomic mass is 10.3. The van der Waals surface area contributed by atoms with Gasteiger partial charge in [-0.2, -0.15) is 4.99 Å². The first-order valence-corrected chi connectivity index (χ1v) is 7.12. The monoisotopic (exact) mass is 329 g/mol. The number of guanidine groups is 2. The predicted octanol–water partition coefficient (Wildman–Crippen LogP) is 2.57. The SMILES string of the molecule is NC(=NC1CCCC1)N=C(N)Nc1ccc(OC(F)(F)F)cc1. The molecule has 0 amide bonds. The van der Waals surface area contributed by atoms with Crippen molar-refractivity contribution in [2.45, 2.75) is 38.1 Å². The molecule has 126 valence electrons. The fraction of sp³-hybridized carbons (Fsp3) is 0.429. The Balaban J connectivity index is 1.93. The van der Waals surface area contributed by atoms with Gasteiger partial charge in [0.2, 0.25) is 11.9 Å². The summed E-state index contributed by atoms with van der Waals surface area (Å²) in [4.78, 5) is 8.17. The molecule has 9 heteroatoms. The minimum atomic E-state index is -4.72. The van der Waals surface area contributed by atoms with E-state index in [1.807, 2.05) is 0 Å². The normalized spacial score (nSPS) is 17.3. The lowest BCUT2D eigenvalue weighted by molar-refractivity contribution is -0.274. The molecule has 1 aromatic carbocycles. The van der Waals surface area contributed by atoms with E-state index in [4.69, 9.17) is 11.5 Å². The zero-order valence-electron chi connectivity index (χ0n) is 12.3. The topological polar surface area (TPSA) is 98.0 Å². The number of nitrogens with two attached hydrogens (primary N) is 2. The van der Waals surface area contributed by atoms with Crippen molar-refractivity contribution in [3.63, 3.8) is 0 Å². The largest absolute Gasteiger partial charge is 0.573 e. The smallest absolute Gasteiger partial charge is 0.406 e. The van der Waals surface area contributed by atoms with Gasteiger partial charge in [-0.25, -0.2) is 4.99 Å². The van der Waals surface area contributed by atoms with Crippen LogP contribution in [0.25, 0.3) is 0 Å². The molecule has 1 aliphatic rings. The van der Waals surface area contributed by atoms with E-state index in [1.165, 1.54) is 24.3 Å². The molecule has 0 aliphatic heterocycles. The number of alkyl halides is 3. The van der Waals surface area contributed by atoms with Crippen molar-refractivity contribution < 1.29 is 17.9 Å². The molecule has 1 saturated carbocycles. The lowest BCUT2D eigenvalue weighted by Crippen LogP contribution is -2.26. The van der Waals surface area contributed by atoms with Gasteiger partial charge in [-0.3, -0.25) is 0 Å². The number of hydrogen-bond acceptors (Lipinski definition) is 2. The maximum Gasteiger partial charge on any atom is 0.573 e. The zero-order chi connectivity index (χ0) is 16.9. The fourth-order valence-electron chi connectivity index (χ4n) is 2.29. The van der Waals surface area contributed by atoms with Gasteiger partial charge in [0.15, 0.2) is 0 Å². The van der Waals surface area contributed by atoms with Crippen molar-refractivity contribution in [2.75, 3.05) is 5.32 Å². The fourth-order valence-corrected chi connectivity index (χ4v) is 2.29. The maximum atomic E-state index is 12.1. The number of nitrogens with zero attached hydrogens (tertiary/aromatic N) is 2. The molecule has 1 fully saturated rings. The van der Waals surface area contributed by atoms with Crippen LogP contribution in [0.5, 0.6) is 5.75 Å². The summed E-state index contributed by atoms with van der Waals surface area (Å²) in [5, 5.41) is 2.72. The highest BCUT2D eigenvalue weighted by Crippen LogP contribution is 2.24. The van der Waals surface area contributed by atoms with Crippen LogP contribution >= 0.6 is 0 Å². The molecular weight excluding hydrogens is 311 g/mol. The van der Waals surface area contributed by atoms with Gasteiger partial charge in [0.05, 0.1) is 6.04 Å². The Morgan fingerprint density at radius 1 is 1.13 bits per heavy atom. The molecule has 0 aromatic heterocycles. The summed E-state index contributed by atoms with van der Waals surface area (Å²) in [5.41, 5.74) is 11.8. The van der Waals surface area contributed by atoms with E-state index in [0.29, 0.717) is 5.69 Å². The molecule has 0 spiro atoms. The van der Waals surface area contributed by atoms with E-state index in [1.54, 1.807) is 0 Å². The predicted molar refractivity (Wildman–Crippen MR) is 82.2 cm³/mol. The van der Waals surface area contributed by atoms with Crippen LogP contribution < -0.4 is 21.5 Å². The molecule has 0 heterocycles. The quantitative estimate of drug-likeness (QED) is 0.586. The van der Waals surface area contributed by atoms with Gasteiger partial charge in [-0.1, -0.05) is 12.8 Å². The molecule has 1 aromatic rings. The molecule has 2 rings (SSSR count). The summed E-state index contributed by atoms with van der Waals surface area (Å²) in [5.74, 6) is -0.228. The van der Waals surface area contributed by atoms with E-state index < -0.39 is 6.36 Å². The Hall–Kier alpha value is -2.45. The van der Waals surface area contributed by atoms with E-state index in [0.717, 1.165) is 25.7 Å². The second-order valence-electron chi connectivity index (χ2n) is 5.12. The molecular formula is C14H18F3N5O. The average Bonchev–Trinajstić information content (AvgIpc) is 2.91. The third-order valence-corrected chi connectivity index (χ3v) is 3.23. The third-order valence-electron chi connectivity index (χ3n) is 3.23. The van der Waals surface area contributed by atoms with Gasteiger partial charge >= 0.3 is 6.36 Å². The zero-order valence-corrected chi connectivity index (χ0v) is 12.3. The van der Waals surface area contributed by atoms with Gasteiger partial charge in [-0.15, -0.1) is 13.2 Å². The first-order chi connectivity index (χ1) is 10.8. The number of nitrogens with one attached hydrogen (secondary N) is 1. The highest BCUT2D eigenvalue weighted by Gasteiger charge is 2.30. The lowest BCUT2D eigenvalue weighted by Gasteiger charge is -2.10. The van der Waals surface area contributed by atoms with Crippen LogP contribution in [0.3, 0.4) is 0 Å². The molecule has 23 heavy (non-hydrogen) atoms. The first kappa shape index (κ1) is 16.9. The minimum absolute atomic E-state index is 0.00809. The summed E-state index contributed by atoms with van der Waals surface area (Å²) < 4.78 is 39.9. The second kappa shape index (κ2) is 7.21. The van der Waals surface area contributed by atoms with Crippen molar-refractivity contribution in [3.05, 3.63) is 24.3 Å².